The van der Waals surface area contributed by atoms with Gasteiger partial charge in [-0.3, -0.25) is 0 Å². The molecule has 0 aliphatic carbocycles. The molecule has 2 fully saturated rings. The molecule has 2 aliphatic heterocycles. The predicted molar refractivity (Wildman–Crippen MR) is 78.1 cm³/mol. The van der Waals surface area contributed by atoms with E-state index in [1.807, 2.05) is 0 Å². The van der Waals surface area contributed by atoms with E-state index in [4.69, 9.17) is 18.9 Å². The Hall–Kier alpha value is -1.66. The van der Waals surface area contributed by atoms with Crippen LogP contribution in [0.1, 0.15) is 27.7 Å². The fourth-order valence-corrected chi connectivity index (χ4v) is 2.33. The van der Waals surface area contributed by atoms with Crippen LogP contribution in [0.4, 0.5) is 0 Å². The van der Waals surface area contributed by atoms with E-state index >= 15 is 0 Å². The van der Waals surface area contributed by atoms with Gasteiger partial charge in [-0.1, -0.05) is 12.2 Å². The van der Waals surface area contributed by atoms with Crippen LogP contribution < -0.4 is 0 Å². The second-order valence-corrected chi connectivity index (χ2v) is 5.43. The Bertz CT molecular complexity index is 461. The molecule has 0 radical (unpaired) electrons. The highest BCUT2D eigenvalue weighted by Crippen LogP contribution is 2.31. The molecule has 0 saturated carbocycles. The summed E-state index contributed by atoms with van der Waals surface area (Å²) in [4.78, 5) is 23.6. The lowest BCUT2D eigenvalue weighted by atomic mass is 10.1. The maximum atomic E-state index is 11.8. The van der Waals surface area contributed by atoms with Gasteiger partial charge in [0.1, 0.15) is 12.2 Å². The number of carbonyl (C=O) groups excluding carboxylic acids is 2. The Morgan fingerprint density at radius 1 is 0.864 bits per heavy atom. The fourth-order valence-electron chi connectivity index (χ4n) is 2.33. The topological polar surface area (TPSA) is 71.1 Å². The molecule has 2 rings (SSSR count). The Morgan fingerprint density at radius 3 is 1.55 bits per heavy atom. The number of rotatable bonds is 4. The number of hydrogen-bond acceptors (Lipinski definition) is 6. The van der Waals surface area contributed by atoms with Crippen molar-refractivity contribution in [2.45, 2.75) is 52.1 Å². The molecule has 6 nitrogen and oxygen atoms in total. The van der Waals surface area contributed by atoms with Crippen LogP contribution >= 0.6 is 0 Å². The van der Waals surface area contributed by atoms with Crippen molar-refractivity contribution in [2.24, 2.45) is 0 Å². The highest BCUT2D eigenvalue weighted by molar-refractivity contribution is 5.88. The first-order chi connectivity index (χ1) is 10.5. The lowest BCUT2D eigenvalue weighted by Crippen LogP contribution is -2.36. The van der Waals surface area contributed by atoms with E-state index in [1.54, 1.807) is 39.8 Å². The molecule has 0 aromatic carbocycles. The quantitative estimate of drug-likeness (QED) is 0.579. The molecule has 0 aromatic rings. The average Bonchev–Trinajstić information content (AvgIpc) is 3.09. The molecule has 0 aromatic heterocycles. The van der Waals surface area contributed by atoms with Gasteiger partial charge in [0.2, 0.25) is 0 Å². The summed E-state index contributed by atoms with van der Waals surface area (Å²) in [6, 6.07) is 0. The van der Waals surface area contributed by atoms with Crippen molar-refractivity contribution in [2.75, 3.05) is 13.2 Å². The van der Waals surface area contributed by atoms with Gasteiger partial charge in [-0.25, -0.2) is 9.59 Å². The third-order valence-corrected chi connectivity index (χ3v) is 3.99. The summed E-state index contributed by atoms with van der Waals surface area (Å²) in [7, 11) is 0. The molecule has 22 heavy (non-hydrogen) atoms. The van der Waals surface area contributed by atoms with Crippen molar-refractivity contribution >= 4 is 11.9 Å². The summed E-state index contributed by atoms with van der Waals surface area (Å²) in [5, 5.41) is 0. The molecule has 4 atom stereocenters. The van der Waals surface area contributed by atoms with Gasteiger partial charge in [-0.2, -0.15) is 0 Å². The summed E-state index contributed by atoms with van der Waals surface area (Å²) in [6.45, 7) is 7.42. The van der Waals surface area contributed by atoms with Gasteiger partial charge in [0.15, 0.2) is 12.2 Å². The molecule has 2 heterocycles. The van der Waals surface area contributed by atoms with Gasteiger partial charge in [-0.05, 0) is 27.7 Å². The fraction of sp³-hybridized carbons (Fsp3) is 0.625. The zero-order chi connectivity index (χ0) is 16.3. The zero-order valence-corrected chi connectivity index (χ0v) is 13.3. The lowest BCUT2D eigenvalue weighted by molar-refractivity contribution is -0.150. The van der Waals surface area contributed by atoms with Crippen LogP contribution in [0.25, 0.3) is 0 Å². The van der Waals surface area contributed by atoms with E-state index in [9.17, 15) is 9.59 Å². The first-order valence-electron chi connectivity index (χ1n) is 7.39. The number of allylic oxidation sites excluding steroid dienone is 2. The standard InChI is InChI=1S/C16H22O6/c1-5-9(3)15(17)21-11-7-19-14-12(8-20-13(11)14)22-16(18)10(4)6-2/h5-6,11-14H,7-8H2,1-4H3/t11-,12+,13-,14-/m1/s1. The first kappa shape index (κ1) is 16.7. The van der Waals surface area contributed by atoms with Crippen LogP contribution in [0.5, 0.6) is 0 Å². The van der Waals surface area contributed by atoms with Crippen LogP contribution in [0.15, 0.2) is 23.3 Å². The van der Waals surface area contributed by atoms with E-state index in [1.165, 1.54) is 0 Å². The average molecular weight is 310 g/mol. The Labute approximate surface area is 130 Å². The van der Waals surface area contributed by atoms with Gasteiger partial charge < -0.3 is 18.9 Å². The molecule has 0 bridgehead atoms. The molecule has 0 N–H and O–H groups in total. The molecule has 0 spiro atoms. The van der Waals surface area contributed by atoms with E-state index in [0.29, 0.717) is 11.1 Å². The number of ether oxygens (including phenoxy) is 4. The maximum absolute atomic E-state index is 11.8. The van der Waals surface area contributed by atoms with Gasteiger partial charge in [0.05, 0.1) is 13.2 Å². The minimum atomic E-state index is -0.473. The number of carbonyl (C=O) groups is 2. The minimum Gasteiger partial charge on any atom is -0.454 e. The van der Waals surface area contributed by atoms with Crippen LogP contribution in [-0.2, 0) is 28.5 Å². The number of hydrogen-bond donors (Lipinski definition) is 0. The van der Waals surface area contributed by atoms with E-state index in [-0.39, 0.29) is 25.2 Å². The molecule has 2 aliphatic rings. The lowest BCUT2D eigenvalue weighted by Gasteiger charge is -2.17. The van der Waals surface area contributed by atoms with Crippen LogP contribution in [0, 0.1) is 0 Å². The Balaban J connectivity index is 1.94. The van der Waals surface area contributed by atoms with Crippen LogP contribution in [-0.4, -0.2) is 49.6 Å². The second kappa shape index (κ2) is 7.07. The largest absolute Gasteiger partial charge is 0.454 e. The van der Waals surface area contributed by atoms with Gasteiger partial charge in [0, 0.05) is 11.1 Å². The Kier molecular flexibility index (Phi) is 5.37. The van der Waals surface area contributed by atoms with E-state index < -0.39 is 24.4 Å². The predicted octanol–water partition coefficient (Wildman–Crippen LogP) is 1.54. The molecular weight excluding hydrogens is 288 g/mol. The zero-order valence-electron chi connectivity index (χ0n) is 13.3. The van der Waals surface area contributed by atoms with Crippen molar-refractivity contribution in [1.29, 1.82) is 0 Å². The van der Waals surface area contributed by atoms with Crippen molar-refractivity contribution in [3.8, 4) is 0 Å². The molecule has 0 amide bonds. The van der Waals surface area contributed by atoms with Crippen LogP contribution in [0.2, 0.25) is 0 Å². The van der Waals surface area contributed by atoms with E-state index in [2.05, 4.69) is 0 Å². The van der Waals surface area contributed by atoms with Crippen molar-refractivity contribution in [3.05, 3.63) is 23.3 Å². The maximum Gasteiger partial charge on any atom is 0.333 e. The van der Waals surface area contributed by atoms with E-state index in [0.717, 1.165) is 0 Å². The van der Waals surface area contributed by atoms with Gasteiger partial charge in [0.25, 0.3) is 0 Å². The SMILES string of the molecule is CC=C(C)C(=O)O[C@H]1CO[C@H]2[C@@H]1OC[C@H]2OC(=O)C(C)=CC. The summed E-state index contributed by atoms with van der Waals surface area (Å²) in [5.74, 6) is -0.767. The molecule has 122 valence electrons. The molecule has 2 saturated heterocycles. The van der Waals surface area contributed by atoms with Crippen molar-refractivity contribution in [3.63, 3.8) is 0 Å². The van der Waals surface area contributed by atoms with Crippen molar-refractivity contribution in [1.82, 2.24) is 0 Å². The monoisotopic (exact) mass is 310 g/mol. The van der Waals surface area contributed by atoms with Crippen molar-refractivity contribution < 1.29 is 28.5 Å². The molecule has 6 heteroatoms. The summed E-state index contributed by atoms with van der Waals surface area (Å²) < 4.78 is 22.0. The van der Waals surface area contributed by atoms with Crippen LogP contribution in [0.3, 0.4) is 0 Å². The summed E-state index contributed by atoms with van der Waals surface area (Å²) in [5.41, 5.74) is 1.07. The highest BCUT2D eigenvalue weighted by Gasteiger charge is 2.51. The minimum absolute atomic E-state index is 0.245. The third-order valence-electron chi connectivity index (χ3n) is 3.99. The smallest absolute Gasteiger partial charge is 0.333 e. The second-order valence-electron chi connectivity index (χ2n) is 5.43. The van der Waals surface area contributed by atoms with Gasteiger partial charge in [-0.15, -0.1) is 0 Å². The Morgan fingerprint density at radius 2 is 1.23 bits per heavy atom. The third kappa shape index (κ3) is 3.39. The number of esters is 2. The summed E-state index contributed by atoms with van der Waals surface area (Å²) >= 11 is 0. The summed E-state index contributed by atoms with van der Waals surface area (Å²) in [6.07, 6.45) is 1.65. The first-order valence-corrected chi connectivity index (χ1v) is 7.39. The normalized spacial score (nSPS) is 31.8. The molecular formula is C16H22O6. The van der Waals surface area contributed by atoms with Gasteiger partial charge >= 0.3 is 11.9 Å². The number of fused-ring (bicyclic) bond motifs is 1. The molecule has 0 unspecified atom stereocenters. The highest BCUT2D eigenvalue weighted by atomic mass is 16.7.